The average Bonchev–Trinajstić information content (AvgIpc) is 3.30. The third-order valence-corrected chi connectivity index (χ3v) is 7.18. The number of hydrogen-bond donors (Lipinski definition) is 2. The van der Waals surface area contributed by atoms with E-state index >= 15 is 0 Å². The van der Waals surface area contributed by atoms with Gasteiger partial charge in [-0.15, -0.1) is 0 Å². The van der Waals surface area contributed by atoms with Gasteiger partial charge in [0.05, 0.1) is 22.1 Å². The molecule has 8 nitrogen and oxygen atoms in total. The van der Waals surface area contributed by atoms with E-state index in [1.807, 2.05) is 24.3 Å². The highest BCUT2D eigenvalue weighted by Gasteiger charge is 2.32. The minimum absolute atomic E-state index is 0.0638. The van der Waals surface area contributed by atoms with Crippen LogP contribution < -0.4 is 5.73 Å². The van der Waals surface area contributed by atoms with Crippen LogP contribution in [0, 0.1) is 18.1 Å². The molecule has 34 heavy (non-hydrogen) atoms. The van der Waals surface area contributed by atoms with Crippen LogP contribution in [0.15, 0.2) is 47.2 Å². The predicted octanol–water partition coefficient (Wildman–Crippen LogP) is 4.33. The molecule has 1 fully saturated rings. The summed E-state index contributed by atoms with van der Waals surface area (Å²) in [5.74, 6) is -2.00. The summed E-state index contributed by atoms with van der Waals surface area (Å²) in [5, 5.41) is 13.4. The second-order valence-corrected chi connectivity index (χ2v) is 9.15. The molecule has 1 saturated carbocycles. The van der Waals surface area contributed by atoms with Crippen LogP contribution in [0.25, 0.3) is 28.0 Å². The van der Waals surface area contributed by atoms with Crippen molar-refractivity contribution in [2.45, 2.75) is 31.6 Å². The van der Waals surface area contributed by atoms with Crippen LogP contribution in [0.2, 0.25) is 0 Å². The number of Topliss-reactive ketones (excluding diaryl/α,β-unsaturated/α-hetero) is 1. The van der Waals surface area contributed by atoms with E-state index in [4.69, 9.17) is 15.8 Å². The number of ketones is 1. The minimum Gasteiger partial charge on any atom is -0.475 e. The topological polar surface area (TPSA) is 123 Å². The van der Waals surface area contributed by atoms with Gasteiger partial charge in [0, 0.05) is 34.7 Å². The summed E-state index contributed by atoms with van der Waals surface area (Å²) in [6, 6.07) is 15.3. The van der Waals surface area contributed by atoms with Crippen molar-refractivity contribution in [3.8, 4) is 22.4 Å². The van der Waals surface area contributed by atoms with Gasteiger partial charge in [0.1, 0.15) is 5.82 Å². The zero-order chi connectivity index (χ0) is 23.8. The molecule has 0 spiro atoms. The Morgan fingerprint density at radius 1 is 1.09 bits per heavy atom. The molecule has 1 aromatic carbocycles. The molecule has 0 bridgehead atoms. The lowest BCUT2D eigenvalue weighted by Crippen LogP contribution is -2.27. The van der Waals surface area contributed by atoms with Crippen molar-refractivity contribution in [2.24, 2.45) is 5.92 Å². The number of halogens is 1. The summed E-state index contributed by atoms with van der Waals surface area (Å²) < 4.78 is 2.27. The number of nitrogens with two attached hydrogens (primary N) is 1. The number of aliphatic carboxylic acids is 1. The number of anilines is 1. The number of carboxylic acid groups (broad SMARTS) is 1. The van der Waals surface area contributed by atoms with E-state index in [0.29, 0.717) is 41.6 Å². The van der Waals surface area contributed by atoms with Gasteiger partial charge in [-0.2, -0.15) is 9.61 Å². The molecule has 1 aliphatic carbocycles. The number of pyridine rings is 1. The van der Waals surface area contributed by atoms with E-state index < -0.39 is 17.7 Å². The summed E-state index contributed by atoms with van der Waals surface area (Å²) >= 11 is 3.58. The molecule has 9 heteroatoms. The number of nitrogens with zero attached hydrogens (tertiary/aromatic N) is 4. The first-order valence-corrected chi connectivity index (χ1v) is 11.7. The van der Waals surface area contributed by atoms with Gasteiger partial charge in [-0.25, -0.2) is 9.78 Å². The van der Waals surface area contributed by atoms with E-state index in [1.54, 1.807) is 23.0 Å². The van der Waals surface area contributed by atoms with Crippen molar-refractivity contribution in [1.82, 2.24) is 19.6 Å². The fourth-order valence-electron chi connectivity index (χ4n) is 4.52. The third kappa shape index (κ3) is 3.90. The Hall–Kier alpha value is -3.77. The molecular weight excluding hydrogens is 498 g/mol. The number of fused-ring (bicyclic) bond motifs is 1. The molecule has 0 unspecified atom stereocenters. The summed E-state index contributed by atoms with van der Waals surface area (Å²) in [7, 11) is 0. The molecule has 0 saturated heterocycles. The number of hydrogen-bond acceptors (Lipinski definition) is 6. The van der Waals surface area contributed by atoms with Gasteiger partial charge >= 0.3 is 5.97 Å². The second kappa shape index (κ2) is 8.88. The van der Waals surface area contributed by atoms with Gasteiger partial charge in [0.25, 0.3) is 0 Å². The SMILES string of the molecule is Nc1c(Br)c(C2CCC(C(=O)C(=O)O)CC2)nc2c(-c3ccc(-c4cc#ccc4)nc3)cnn12. The average molecular weight is 518 g/mol. The number of nitrogen functional groups attached to an aromatic ring is 1. The first-order chi connectivity index (χ1) is 16.4. The quantitative estimate of drug-likeness (QED) is 0.377. The largest absolute Gasteiger partial charge is 0.475 e. The molecule has 3 aromatic heterocycles. The van der Waals surface area contributed by atoms with Crippen LogP contribution in [0.1, 0.15) is 37.3 Å². The Morgan fingerprint density at radius 2 is 1.88 bits per heavy atom. The van der Waals surface area contributed by atoms with Gasteiger partial charge in [-0.05, 0) is 65.9 Å². The molecule has 4 aromatic rings. The summed E-state index contributed by atoms with van der Waals surface area (Å²) in [4.78, 5) is 32.4. The number of rotatable bonds is 5. The van der Waals surface area contributed by atoms with E-state index in [9.17, 15) is 9.59 Å². The van der Waals surface area contributed by atoms with E-state index in [-0.39, 0.29) is 5.92 Å². The first-order valence-electron chi connectivity index (χ1n) is 10.9. The maximum atomic E-state index is 11.9. The number of aromatic nitrogens is 4. The highest BCUT2D eigenvalue weighted by atomic mass is 79.9. The molecule has 0 amide bonds. The number of carbonyl (C=O) groups is 2. The molecular formula is C25H20BrN5O3. The normalized spacial score (nSPS) is 17.9. The van der Waals surface area contributed by atoms with E-state index in [1.165, 1.54) is 0 Å². The van der Waals surface area contributed by atoms with Crippen molar-refractivity contribution in [2.75, 3.05) is 5.73 Å². The monoisotopic (exact) mass is 517 g/mol. The highest BCUT2D eigenvalue weighted by molar-refractivity contribution is 9.10. The van der Waals surface area contributed by atoms with Gasteiger partial charge < -0.3 is 10.8 Å². The molecule has 0 aliphatic heterocycles. The summed E-state index contributed by atoms with van der Waals surface area (Å²) in [6.07, 6.45) is 5.86. The van der Waals surface area contributed by atoms with Crippen LogP contribution in [0.3, 0.4) is 0 Å². The molecule has 3 heterocycles. The second-order valence-electron chi connectivity index (χ2n) is 8.36. The van der Waals surface area contributed by atoms with E-state index in [2.05, 4.69) is 38.1 Å². The zero-order valence-electron chi connectivity index (χ0n) is 18.0. The molecule has 0 atom stereocenters. The van der Waals surface area contributed by atoms with Gasteiger partial charge in [-0.3, -0.25) is 9.78 Å². The highest BCUT2D eigenvalue weighted by Crippen LogP contribution is 2.41. The van der Waals surface area contributed by atoms with Crippen LogP contribution in [-0.4, -0.2) is 36.4 Å². The van der Waals surface area contributed by atoms with Crippen molar-refractivity contribution in [3.05, 3.63) is 65.0 Å². The maximum Gasteiger partial charge on any atom is 0.372 e. The minimum atomic E-state index is -1.36. The Labute approximate surface area is 204 Å². The molecule has 5 rings (SSSR count). The van der Waals surface area contributed by atoms with Crippen LogP contribution >= 0.6 is 15.9 Å². The lowest BCUT2D eigenvalue weighted by molar-refractivity contribution is -0.151. The predicted molar refractivity (Wildman–Crippen MR) is 129 cm³/mol. The molecule has 1 aliphatic rings. The summed E-state index contributed by atoms with van der Waals surface area (Å²) in [5.41, 5.74) is 11.3. The molecule has 170 valence electrons. The Morgan fingerprint density at radius 3 is 2.53 bits per heavy atom. The standard InChI is InChI=1S/C25H20BrN5O3/c26-20-21(15-6-8-16(9-7-15)22(32)25(33)34)30-24-18(13-29-31(24)23(20)27)17-10-11-19(28-12-17)14-4-2-1-3-5-14/h2,4-5,10-13,15-16H,6-9,27H2,(H,33,34). The van der Waals surface area contributed by atoms with Crippen LogP contribution in [-0.2, 0) is 9.59 Å². The zero-order valence-corrected chi connectivity index (χ0v) is 19.6. The number of carbonyl (C=O) groups excluding carboxylic acids is 1. The lowest BCUT2D eigenvalue weighted by atomic mass is 9.78. The Kier molecular flexibility index (Phi) is 5.75. The Bertz CT molecular complexity index is 1380. The van der Waals surface area contributed by atoms with E-state index in [0.717, 1.165) is 28.1 Å². The van der Waals surface area contributed by atoms with Crippen LogP contribution in [0.4, 0.5) is 5.82 Å². The third-order valence-electron chi connectivity index (χ3n) is 6.37. The Balaban J connectivity index is 1.47. The van der Waals surface area contributed by atoms with Crippen LogP contribution in [0.5, 0.6) is 0 Å². The van der Waals surface area contributed by atoms with Crippen molar-refractivity contribution in [1.29, 1.82) is 0 Å². The van der Waals surface area contributed by atoms with Crippen molar-refractivity contribution < 1.29 is 14.7 Å². The fraction of sp³-hybridized carbons (Fsp3) is 0.240. The summed E-state index contributed by atoms with van der Waals surface area (Å²) in [6.45, 7) is 0. The first kappa shape index (κ1) is 22.0. The lowest BCUT2D eigenvalue weighted by Gasteiger charge is -2.27. The number of carboxylic acids is 1. The van der Waals surface area contributed by atoms with Gasteiger partial charge in [-0.1, -0.05) is 18.2 Å². The smallest absolute Gasteiger partial charge is 0.372 e. The molecule has 3 N–H and O–H groups in total. The van der Waals surface area contributed by atoms with Crippen molar-refractivity contribution >= 4 is 39.1 Å². The van der Waals surface area contributed by atoms with Gasteiger partial charge in [0.15, 0.2) is 5.65 Å². The van der Waals surface area contributed by atoms with Gasteiger partial charge in [0.2, 0.25) is 5.78 Å². The van der Waals surface area contributed by atoms with Crippen molar-refractivity contribution in [3.63, 3.8) is 0 Å². The fourth-order valence-corrected chi connectivity index (χ4v) is 5.10. The molecule has 0 radical (unpaired) electrons. The maximum absolute atomic E-state index is 11.9.